The minimum Gasteiger partial charge on any atom is -0.383 e. The summed E-state index contributed by atoms with van der Waals surface area (Å²) in [4.78, 5) is 30.4. The molecule has 1 amide bonds. The standard InChI is InChI=1S/C21H30N6O2/c1-15(2)20-24-16(3)13-19(25-20)27-10-8-26(9-11-27)18-6-5-17(14-23-18)21(28)22-7-12-29-4/h5-6,13-15H,7-12H2,1-4H3,(H,22,28). The summed E-state index contributed by atoms with van der Waals surface area (Å²) >= 11 is 0. The molecule has 3 rings (SSSR count). The summed E-state index contributed by atoms with van der Waals surface area (Å²) in [7, 11) is 1.61. The van der Waals surface area contributed by atoms with Gasteiger partial charge in [-0.1, -0.05) is 13.8 Å². The highest BCUT2D eigenvalue weighted by Crippen LogP contribution is 2.20. The van der Waals surface area contributed by atoms with Crippen LogP contribution in [0.2, 0.25) is 0 Å². The fourth-order valence-electron chi connectivity index (χ4n) is 3.24. The maximum Gasteiger partial charge on any atom is 0.252 e. The fourth-order valence-corrected chi connectivity index (χ4v) is 3.24. The average Bonchev–Trinajstić information content (AvgIpc) is 2.73. The normalized spacial score (nSPS) is 14.4. The number of hydrogen-bond acceptors (Lipinski definition) is 7. The van der Waals surface area contributed by atoms with E-state index in [0.717, 1.165) is 49.3 Å². The monoisotopic (exact) mass is 398 g/mol. The number of pyridine rings is 1. The SMILES string of the molecule is COCCNC(=O)c1ccc(N2CCN(c3cc(C)nc(C(C)C)n3)CC2)nc1. The number of piperazine rings is 1. The highest BCUT2D eigenvalue weighted by molar-refractivity contribution is 5.94. The molecule has 0 radical (unpaired) electrons. The molecule has 1 saturated heterocycles. The Balaban J connectivity index is 1.59. The van der Waals surface area contributed by atoms with Gasteiger partial charge in [-0.2, -0.15) is 0 Å². The highest BCUT2D eigenvalue weighted by atomic mass is 16.5. The molecule has 1 aliphatic heterocycles. The predicted octanol–water partition coefficient (Wildman–Crippen LogP) is 2.01. The van der Waals surface area contributed by atoms with Gasteiger partial charge in [-0.25, -0.2) is 15.0 Å². The second-order valence-corrected chi connectivity index (χ2v) is 7.51. The summed E-state index contributed by atoms with van der Waals surface area (Å²) in [5.41, 5.74) is 1.56. The molecule has 1 aliphatic rings. The van der Waals surface area contributed by atoms with Crippen LogP contribution in [0, 0.1) is 6.92 Å². The molecule has 0 saturated carbocycles. The molecule has 0 bridgehead atoms. The van der Waals surface area contributed by atoms with Crippen molar-refractivity contribution in [2.45, 2.75) is 26.7 Å². The first-order chi connectivity index (χ1) is 14.0. The summed E-state index contributed by atoms with van der Waals surface area (Å²) in [5.74, 6) is 2.95. The smallest absolute Gasteiger partial charge is 0.252 e. The van der Waals surface area contributed by atoms with Gasteiger partial charge in [-0.3, -0.25) is 4.79 Å². The molecule has 3 heterocycles. The van der Waals surface area contributed by atoms with Crippen molar-refractivity contribution in [3.8, 4) is 0 Å². The number of ether oxygens (including phenoxy) is 1. The first-order valence-corrected chi connectivity index (χ1v) is 10.1. The van der Waals surface area contributed by atoms with Crippen LogP contribution in [0.3, 0.4) is 0 Å². The largest absolute Gasteiger partial charge is 0.383 e. The van der Waals surface area contributed by atoms with Gasteiger partial charge < -0.3 is 19.9 Å². The Morgan fingerprint density at radius 2 is 1.83 bits per heavy atom. The number of nitrogens with one attached hydrogen (secondary N) is 1. The molecule has 29 heavy (non-hydrogen) atoms. The number of carbonyl (C=O) groups excluding carboxylic acids is 1. The van der Waals surface area contributed by atoms with Crippen molar-refractivity contribution in [3.05, 3.63) is 41.5 Å². The predicted molar refractivity (Wildman–Crippen MR) is 114 cm³/mol. The van der Waals surface area contributed by atoms with Crippen LogP contribution in [-0.2, 0) is 4.74 Å². The minimum absolute atomic E-state index is 0.133. The molecule has 156 valence electrons. The zero-order valence-electron chi connectivity index (χ0n) is 17.7. The number of amides is 1. The Bertz CT molecular complexity index is 816. The number of aryl methyl sites for hydroxylation is 1. The van der Waals surface area contributed by atoms with Crippen LogP contribution in [0.15, 0.2) is 24.4 Å². The molecular weight excluding hydrogens is 368 g/mol. The van der Waals surface area contributed by atoms with E-state index in [2.05, 4.69) is 45.0 Å². The summed E-state index contributed by atoms with van der Waals surface area (Å²) < 4.78 is 4.94. The number of methoxy groups -OCH3 is 1. The van der Waals surface area contributed by atoms with E-state index in [9.17, 15) is 4.79 Å². The first kappa shape index (κ1) is 21.0. The molecule has 0 unspecified atom stereocenters. The first-order valence-electron chi connectivity index (χ1n) is 10.1. The highest BCUT2D eigenvalue weighted by Gasteiger charge is 2.20. The van der Waals surface area contributed by atoms with Gasteiger partial charge in [0.15, 0.2) is 0 Å². The van der Waals surface area contributed by atoms with Crippen LogP contribution in [-0.4, -0.2) is 67.3 Å². The third kappa shape index (κ3) is 5.41. The summed E-state index contributed by atoms with van der Waals surface area (Å²) in [6.45, 7) is 10.7. The van der Waals surface area contributed by atoms with Crippen molar-refractivity contribution in [3.63, 3.8) is 0 Å². The number of anilines is 2. The van der Waals surface area contributed by atoms with Gasteiger partial charge in [0.25, 0.3) is 5.91 Å². The van der Waals surface area contributed by atoms with Crippen LogP contribution in [0.25, 0.3) is 0 Å². The van der Waals surface area contributed by atoms with E-state index in [0.29, 0.717) is 24.6 Å². The fraction of sp³-hybridized carbons (Fsp3) is 0.524. The zero-order valence-corrected chi connectivity index (χ0v) is 17.7. The van der Waals surface area contributed by atoms with E-state index in [1.54, 1.807) is 13.3 Å². The number of rotatable bonds is 7. The Kier molecular flexibility index (Phi) is 6.98. The zero-order chi connectivity index (χ0) is 20.8. The molecule has 2 aromatic rings. The summed E-state index contributed by atoms with van der Waals surface area (Å²) in [5, 5.41) is 2.80. The number of nitrogens with zero attached hydrogens (tertiary/aromatic N) is 5. The number of hydrogen-bond donors (Lipinski definition) is 1. The Morgan fingerprint density at radius 3 is 2.41 bits per heavy atom. The molecule has 1 fully saturated rings. The van der Waals surface area contributed by atoms with Gasteiger partial charge in [0.2, 0.25) is 0 Å². The van der Waals surface area contributed by atoms with Gasteiger partial charge >= 0.3 is 0 Å². The number of aromatic nitrogens is 3. The molecule has 2 aromatic heterocycles. The molecule has 0 spiro atoms. The van der Waals surface area contributed by atoms with Crippen molar-refractivity contribution < 1.29 is 9.53 Å². The van der Waals surface area contributed by atoms with Crippen LogP contribution in [0.5, 0.6) is 0 Å². The number of carbonyl (C=O) groups is 1. The van der Waals surface area contributed by atoms with Gasteiger partial charge in [0, 0.05) is 63.7 Å². The van der Waals surface area contributed by atoms with E-state index in [1.807, 2.05) is 19.1 Å². The second kappa shape index (κ2) is 9.65. The third-order valence-electron chi connectivity index (χ3n) is 4.90. The van der Waals surface area contributed by atoms with Crippen molar-refractivity contribution in [2.24, 2.45) is 0 Å². The topological polar surface area (TPSA) is 83.5 Å². The lowest BCUT2D eigenvalue weighted by molar-refractivity contribution is 0.0937. The second-order valence-electron chi connectivity index (χ2n) is 7.51. The van der Waals surface area contributed by atoms with Crippen molar-refractivity contribution in [2.75, 3.05) is 56.2 Å². The van der Waals surface area contributed by atoms with E-state index in [-0.39, 0.29) is 5.91 Å². The lowest BCUT2D eigenvalue weighted by atomic mass is 10.2. The Labute approximate surface area is 172 Å². The van der Waals surface area contributed by atoms with Crippen LogP contribution >= 0.6 is 0 Å². The maximum atomic E-state index is 12.1. The maximum absolute atomic E-state index is 12.1. The minimum atomic E-state index is -0.133. The quantitative estimate of drug-likeness (QED) is 0.714. The van der Waals surface area contributed by atoms with Crippen molar-refractivity contribution in [1.29, 1.82) is 0 Å². The van der Waals surface area contributed by atoms with Crippen LogP contribution < -0.4 is 15.1 Å². The van der Waals surface area contributed by atoms with Crippen LogP contribution in [0.1, 0.15) is 41.6 Å². The van der Waals surface area contributed by atoms with Crippen molar-refractivity contribution in [1.82, 2.24) is 20.3 Å². The van der Waals surface area contributed by atoms with E-state index < -0.39 is 0 Å². The molecule has 1 N–H and O–H groups in total. The summed E-state index contributed by atoms with van der Waals surface area (Å²) in [6, 6.07) is 5.78. The third-order valence-corrected chi connectivity index (χ3v) is 4.90. The molecular formula is C21H30N6O2. The molecule has 0 atom stereocenters. The molecule has 8 heteroatoms. The van der Waals surface area contributed by atoms with Gasteiger partial charge in [-0.15, -0.1) is 0 Å². The van der Waals surface area contributed by atoms with E-state index >= 15 is 0 Å². The molecule has 8 nitrogen and oxygen atoms in total. The van der Waals surface area contributed by atoms with Crippen molar-refractivity contribution >= 4 is 17.5 Å². The van der Waals surface area contributed by atoms with Gasteiger partial charge in [0.05, 0.1) is 12.2 Å². The van der Waals surface area contributed by atoms with E-state index in [1.165, 1.54) is 0 Å². The lowest BCUT2D eigenvalue weighted by Gasteiger charge is -2.36. The van der Waals surface area contributed by atoms with Crippen LogP contribution in [0.4, 0.5) is 11.6 Å². The van der Waals surface area contributed by atoms with Gasteiger partial charge in [0.1, 0.15) is 17.5 Å². The van der Waals surface area contributed by atoms with Gasteiger partial charge in [-0.05, 0) is 19.1 Å². The molecule has 0 aromatic carbocycles. The molecule has 0 aliphatic carbocycles. The van der Waals surface area contributed by atoms with E-state index in [4.69, 9.17) is 9.72 Å². The Morgan fingerprint density at radius 1 is 1.14 bits per heavy atom. The lowest BCUT2D eigenvalue weighted by Crippen LogP contribution is -2.47. The summed E-state index contributed by atoms with van der Waals surface area (Å²) in [6.07, 6.45) is 1.63. The average molecular weight is 399 g/mol. The Hall–Kier alpha value is -2.74.